The van der Waals surface area contributed by atoms with Crippen LogP contribution in [0.3, 0.4) is 0 Å². The standard InChI is InChI=1S/C19H22Cl2O2/c1-11-9-13(18(21)17(11)20)15(22)7-5-12-6-8-16(23)14(10-12)19(2,3)4/h6,8,10,23H,5,7,9H2,1-4H3. The van der Waals surface area contributed by atoms with Crippen LogP contribution < -0.4 is 0 Å². The SMILES string of the molecule is CC1=C(Cl)C(Cl)=C(C(=O)CCc2ccc(O)c(C(C)(C)C)c2)C1. The third kappa shape index (κ3) is 3.99. The molecule has 0 aliphatic heterocycles. The molecule has 0 fully saturated rings. The first-order chi connectivity index (χ1) is 10.6. The minimum Gasteiger partial charge on any atom is -0.508 e. The molecule has 1 aliphatic rings. The van der Waals surface area contributed by atoms with Crippen LogP contribution in [0.1, 0.15) is 51.7 Å². The van der Waals surface area contributed by atoms with E-state index in [0.29, 0.717) is 40.6 Å². The lowest BCUT2D eigenvalue weighted by molar-refractivity contribution is -0.115. The number of phenolic OH excluding ortho intramolecular Hbond substituents is 1. The zero-order chi connectivity index (χ0) is 17.4. The lowest BCUT2D eigenvalue weighted by Crippen LogP contribution is -2.12. The molecule has 0 unspecified atom stereocenters. The summed E-state index contributed by atoms with van der Waals surface area (Å²) in [5.74, 6) is 0.330. The first-order valence-electron chi connectivity index (χ1n) is 7.71. The summed E-state index contributed by atoms with van der Waals surface area (Å²) in [5.41, 5.74) is 3.34. The molecule has 0 saturated heterocycles. The average molecular weight is 353 g/mol. The van der Waals surface area contributed by atoms with Gasteiger partial charge in [-0.1, -0.05) is 56.1 Å². The van der Waals surface area contributed by atoms with E-state index in [1.165, 1.54) is 0 Å². The first-order valence-corrected chi connectivity index (χ1v) is 8.46. The lowest BCUT2D eigenvalue weighted by atomic mass is 9.85. The quantitative estimate of drug-likeness (QED) is 0.765. The third-order valence-corrected chi connectivity index (χ3v) is 5.15. The van der Waals surface area contributed by atoms with Gasteiger partial charge in [-0.3, -0.25) is 4.79 Å². The van der Waals surface area contributed by atoms with Crippen LogP contribution in [-0.4, -0.2) is 10.9 Å². The Labute approximate surface area is 147 Å². The Bertz CT molecular complexity index is 707. The molecule has 0 saturated carbocycles. The third-order valence-electron chi connectivity index (χ3n) is 4.12. The molecule has 1 aromatic carbocycles. The van der Waals surface area contributed by atoms with E-state index in [1.54, 1.807) is 6.07 Å². The number of hydrogen-bond acceptors (Lipinski definition) is 2. The van der Waals surface area contributed by atoms with Crippen LogP contribution in [0.15, 0.2) is 39.4 Å². The Morgan fingerprint density at radius 1 is 1.22 bits per heavy atom. The van der Waals surface area contributed by atoms with Gasteiger partial charge < -0.3 is 5.11 Å². The largest absolute Gasteiger partial charge is 0.508 e. The maximum Gasteiger partial charge on any atom is 0.161 e. The number of aromatic hydroxyl groups is 1. The first kappa shape index (κ1) is 18.1. The Balaban J connectivity index is 2.09. The van der Waals surface area contributed by atoms with E-state index < -0.39 is 0 Å². The number of ketones is 1. The molecule has 1 aliphatic carbocycles. The number of carbonyl (C=O) groups excluding carboxylic acids is 1. The molecule has 4 heteroatoms. The fourth-order valence-electron chi connectivity index (χ4n) is 2.71. The van der Waals surface area contributed by atoms with Gasteiger partial charge in [0.05, 0.1) is 10.1 Å². The maximum atomic E-state index is 12.4. The van der Waals surface area contributed by atoms with Crippen molar-refractivity contribution in [2.24, 2.45) is 0 Å². The minimum absolute atomic E-state index is 0.0374. The number of allylic oxidation sites excluding steroid dienone is 4. The summed E-state index contributed by atoms with van der Waals surface area (Å²) < 4.78 is 0. The van der Waals surface area contributed by atoms with Crippen LogP contribution in [0.25, 0.3) is 0 Å². The van der Waals surface area contributed by atoms with E-state index in [2.05, 4.69) is 20.8 Å². The number of aryl methyl sites for hydroxylation is 1. The van der Waals surface area contributed by atoms with Crippen molar-refractivity contribution in [3.05, 3.63) is 50.5 Å². The summed E-state index contributed by atoms with van der Waals surface area (Å²) in [6.45, 7) is 8.05. The molecule has 0 spiro atoms. The van der Waals surface area contributed by atoms with Gasteiger partial charge in [0.15, 0.2) is 5.78 Å². The molecule has 0 aromatic heterocycles. The summed E-state index contributed by atoms with van der Waals surface area (Å²) in [7, 11) is 0. The second kappa shape index (κ2) is 6.70. The second-order valence-electron chi connectivity index (χ2n) is 7.09. The summed E-state index contributed by atoms with van der Waals surface area (Å²) >= 11 is 12.2. The number of Topliss-reactive ketones (excluding diaryl/α,β-unsaturated/α-hetero) is 1. The van der Waals surface area contributed by atoms with Crippen molar-refractivity contribution < 1.29 is 9.90 Å². The van der Waals surface area contributed by atoms with Crippen molar-refractivity contribution in [1.82, 2.24) is 0 Å². The fraction of sp³-hybridized carbons (Fsp3) is 0.421. The molecule has 2 nitrogen and oxygen atoms in total. The van der Waals surface area contributed by atoms with Crippen LogP contribution in [-0.2, 0) is 16.6 Å². The van der Waals surface area contributed by atoms with Gasteiger partial charge >= 0.3 is 0 Å². The van der Waals surface area contributed by atoms with E-state index in [9.17, 15) is 9.90 Å². The molecule has 124 valence electrons. The van der Waals surface area contributed by atoms with Crippen LogP contribution in [0.4, 0.5) is 0 Å². The van der Waals surface area contributed by atoms with Crippen molar-refractivity contribution in [2.75, 3.05) is 0 Å². The number of phenols is 1. The Kier molecular flexibility index (Phi) is 5.27. The van der Waals surface area contributed by atoms with Gasteiger partial charge in [0.1, 0.15) is 5.75 Å². The number of halogens is 2. The zero-order valence-electron chi connectivity index (χ0n) is 14.0. The van der Waals surface area contributed by atoms with Crippen molar-refractivity contribution in [3.8, 4) is 5.75 Å². The molecule has 2 rings (SSSR count). The van der Waals surface area contributed by atoms with Gasteiger partial charge in [-0.15, -0.1) is 0 Å². The molecular formula is C19H22Cl2O2. The zero-order valence-corrected chi connectivity index (χ0v) is 15.5. The van der Waals surface area contributed by atoms with E-state index >= 15 is 0 Å². The summed E-state index contributed by atoms with van der Waals surface area (Å²) in [5, 5.41) is 10.9. The van der Waals surface area contributed by atoms with Gasteiger partial charge in [-0.05, 0) is 47.9 Å². The normalized spacial score (nSPS) is 15.6. The van der Waals surface area contributed by atoms with Crippen molar-refractivity contribution >= 4 is 29.0 Å². The average Bonchev–Trinajstić information content (AvgIpc) is 2.72. The minimum atomic E-state index is -0.143. The van der Waals surface area contributed by atoms with Gasteiger partial charge in [0.25, 0.3) is 0 Å². The summed E-state index contributed by atoms with van der Waals surface area (Å²) in [4.78, 5) is 12.4. The number of rotatable bonds is 4. The van der Waals surface area contributed by atoms with Gasteiger partial charge in [-0.25, -0.2) is 0 Å². The smallest absolute Gasteiger partial charge is 0.161 e. The molecular weight excluding hydrogens is 331 g/mol. The molecule has 0 radical (unpaired) electrons. The molecule has 0 bridgehead atoms. The van der Waals surface area contributed by atoms with E-state index in [-0.39, 0.29) is 11.2 Å². The van der Waals surface area contributed by atoms with Crippen LogP contribution in [0.2, 0.25) is 0 Å². The molecule has 0 atom stereocenters. The Morgan fingerprint density at radius 3 is 2.39 bits per heavy atom. The number of benzene rings is 1. The maximum absolute atomic E-state index is 12.4. The Hall–Kier alpha value is -1.25. The highest BCUT2D eigenvalue weighted by atomic mass is 35.5. The van der Waals surface area contributed by atoms with Crippen LogP contribution in [0, 0.1) is 0 Å². The number of hydrogen-bond donors (Lipinski definition) is 1. The molecule has 1 aromatic rings. The number of carbonyl (C=O) groups is 1. The van der Waals surface area contributed by atoms with E-state index in [4.69, 9.17) is 23.2 Å². The van der Waals surface area contributed by atoms with Gasteiger partial charge in [0.2, 0.25) is 0 Å². The molecule has 1 N–H and O–H groups in total. The molecule has 0 amide bonds. The van der Waals surface area contributed by atoms with E-state index in [1.807, 2.05) is 19.1 Å². The predicted molar refractivity (Wildman–Crippen MR) is 96.2 cm³/mol. The van der Waals surface area contributed by atoms with Crippen molar-refractivity contribution in [3.63, 3.8) is 0 Å². The highest BCUT2D eigenvalue weighted by Gasteiger charge is 2.24. The van der Waals surface area contributed by atoms with Gasteiger partial charge in [0, 0.05) is 12.0 Å². The second-order valence-corrected chi connectivity index (χ2v) is 7.84. The van der Waals surface area contributed by atoms with Crippen LogP contribution in [0.5, 0.6) is 5.75 Å². The lowest BCUT2D eigenvalue weighted by Gasteiger charge is -2.21. The molecule has 0 heterocycles. The molecule has 23 heavy (non-hydrogen) atoms. The summed E-state index contributed by atoms with van der Waals surface area (Å²) in [6, 6.07) is 5.54. The van der Waals surface area contributed by atoms with E-state index in [0.717, 1.165) is 16.7 Å². The van der Waals surface area contributed by atoms with Crippen LogP contribution >= 0.6 is 23.2 Å². The predicted octanol–water partition coefficient (Wildman–Crippen LogP) is 5.60. The highest BCUT2D eigenvalue weighted by molar-refractivity contribution is 6.46. The summed E-state index contributed by atoms with van der Waals surface area (Å²) in [6.07, 6.45) is 1.54. The fourth-order valence-corrected chi connectivity index (χ4v) is 3.22. The monoisotopic (exact) mass is 352 g/mol. The topological polar surface area (TPSA) is 37.3 Å². The van der Waals surface area contributed by atoms with Crippen molar-refractivity contribution in [1.29, 1.82) is 0 Å². The Morgan fingerprint density at radius 2 is 1.87 bits per heavy atom. The van der Waals surface area contributed by atoms with Gasteiger partial charge in [-0.2, -0.15) is 0 Å². The highest BCUT2D eigenvalue weighted by Crippen LogP contribution is 2.38. The van der Waals surface area contributed by atoms with Crippen molar-refractivity contribution in [2.45, 2.75) is 52.4 Å².